The van der Waals surface area contributed by atoms with Crippen molar-refractivity contribution >= 4 is 0 Å². The van der Waals surface area contributed by atoms with Gasteiger partial charge in [-0.1, -0.05) is 32.4 Å². The van der Waals surface area contributed by atoms with E-state index >= 15 is 0 Å². The maximum atomic E-state index is 3.57. The van der Waals surface area contributed by atoms with Gasteiger partial charge >= 0.3 is 0 Å². The van der Waals surface area contributed by atoms with Crippen LogP contribution in [0.2, 0.25) is 0 Å². The molecule has 1 heteroatoms. The Kier molecular flexibility index (Phi) is 3.64. The van der Waals surface area contributed by atoms with Crippen molar-refractivity contribution in [2.75, 3.05) is 6.54 Å². The number of hydrogen-bond donors (Lipinski definition) is 1. The van der Waals surface area contributed by atoms with Gasteiger partial charge in [0.2, 0.25) is 0 Å². The van der Waals surface area contributed by atoms with Crippen LogP contribution in [0.3, 0.4) is 0 Å². The quantitative estimate of drug-likeness (QED) is 0.611. The molecule has 0 fully saturated rings. The van der Waals surface area contributed by atoms with Gasteiger partial charge in [-0.2, -0.15) is 0 Å². The fourth-order valence-electron chi connectivity index (χ4n) is 1.30. The lowest BCUT2D eigenvalue weighted by atomic mass is 10.1. The summed E-state index contributed by atoms with van der Waals surface area (Å²) in [5.41, 5.74) is 0. The fraction of sp³-hybridized carbons (Fsp3) is 0.800. The van der Waals surface area contributed by atoms with Gasteiger partial charge in [0.1, 0.15) is 0 Å². The third-order valence-corrected chi connectivity index (χ3v) is 2.46. The monoisotopic (exact) mass is 153 g/mol. The average molecular weight is 153 g/mol. The van der Waals surface area contributed by atoms with Crippen molar-refractivity contribution in [3.63, 3.8) is 0 Å². The first-order valence-electron chi connectivity index (χ1n) is 4.71. The largest absolute Gasteiger partial charge is 0.313 e. The first kappa shape index (κ1) is 8.79. The number of hydrogen-bond acceptors (Lipinski definition) is 1. The molecular formula is C10H19N. The summed E-state index contributed by atoms with van der Waals surface area (Å²) in [5.74, 6) is 0.829. The minimum absolute atomic E-state index is 0.740. The summed E-state index contributed by atoms with van der Waals surface area (Å²) in [4.78, 5) is 0. The molecule has 0 saturated carbocycles. The highest BCUT2D eigenvalue weighted by Gasteiger charge is 2.09. The summed E-state index contributed by atoms with van der Waals surface area (Å²) >= 11 is 0. The van der Waals surface area contributed by atoms with Gasteiger partial charge in [-0.05, 0) is 25.3 Å². The molecule has 0 heterocycles. The maximum absolute atomic E-state index is 3.57. The van der Waals surface area contributed by atoms with E-state index in [0.717, 1.165) is 12.0 Å². The molecular weight excluding hydrogens is 134 g/mol. The molecule has 1 atom stereocenters. The van der Waals surface area contributed by atoms with E-state index < -0.39 is 0 Å². The fourth-order valence-corrected chi connectivity index (χ4v) is 1.30. The molecule has 0 radical (unpaired) electrons. The minimum atomic E-state index is 0.740. The molecule has 1 N–H and O–H groups in total. The molecule has 0 aromatic rings. The predicted octanol–water partition coefficient (Wildman–Crippen LogP) is 2.34. The van der Waals surface area contributed by atoms with Gasteiger partial charge in [0.15, 0.2) is 0 Å². The summed E-state index contributed by atoms with van der Waals surface area (Å²) in [6.07, 6.45) is 8.29. The Morgan fingerprint density at radius 1 is 1.45 bits per heavy atom. The lowest BCUT2D eigenvalue weighted by Gasteiger charge is -2.15. The molecule has 0 aromatic heterocycles. The van der Waals surface area contributed by atoms with E-state index in [1.165, 1.54) is 25.8 Å². The lowest BCUT2D eigenvalue weighted by molar-refractivity contribution is 0.447. The summed E-state index contributed by atoms with van der Waals surface area (Å²) in [6.45, 7) is 5.73. The minimum Gasteiger partial charge on any atom is -0.313 e. The van der Waals surface area contributed by atoms with Crippen LogP contribution < -0.4 is 5.32 Å². The number of nitrogens with one attached hydrogen (secondary N) is 1. The highest BCUT2D eigenvalue weighted by molar-refractivity contribution is 4.97. The van der Waals surface area contributed by atoms with E-state index in [-0.39, 0.29) is 0 Å². The van der Waals surface area contributed by atoms with Crippen LogP contribution in [0.25, 0.3) is 0 Å². The van der Waals surface area contributed by atoms with Crippen LogP contribution >= 0.6 is 0 Å². The van der Waals surface area contributed by atoms with Crippen LogP contribution in [0, 0.1) is 5.92 Å². The van der Waals surface area contributed by atoms with Crippen LogP contribution in [0.1, 0.15) is 33.1 Å². The van der Waals surface area contributed by atoms with Crippen molar-refractivity contribution in [1.82, 2.24) is 5.32 Å². The zero-order valence-corrected chi connectivity index (χ0v) is 7.64. The second kappa shape index (κ2) is 4.55. The molecule has 1 rings (SSSR count). The standard InChI is InChI=1S/C10H19N/c1-3-9(2)8-11-10-6-4-5-7-10/h4-5,9-11H,3,6-8H2,1-2H3. The van der Waals surface area contributed by atoms with Gasteiger partial charge in [-0.25, -0.2) is 0 Å². The van der Waals surface area contributed by atoms with Gasteiger partial charge < -0.3 is 5.32 Å². The van der Waals surface area contributed by atoms with Crippen molar-refractivity contribution in [3.05, 3.63) is 12.2 Å². The predicted molar refractivity (Wildman–Crippen MR) is 49.6 cm³/mol. The first-order valence-corrected chi connectivity index (χ1v) is 4.71. The van der Waals surface area contributed by atoms with Crippen LogP contribution in [-0.4, -0.2) is 12.6 Å². The van der Waals surface area contributed by atoms with Crippen LogP contribution in [0.4, 0.5) is 0 Å². The zero-order valence-electron chi connectivity index (χ0n) is 7.64. The Morgan fingerprint density at radius 3 is 2.64 bits per heavy atom. The zero-order chi connectivity index (χ0) is 8.10. The molecule has 11 heavy (non-hydrogen) atoms. The highest BCUT2D eigenvalue weighted by Crippen LogP contribution is 2.09. The van der Waals surface area contributed by atoms with E-state index in [1.807, 2.05) is 0 Å². The second-order valence-electron chi connectivity index (χ2n) is 3.56. The van der Waals surface area contributed by atoms with E-state index in [2.05, 4.69) is 31.3 Å². The second-order valence-corrected chi connectivity index (χ2v) is 3.56. The SMILES string of the molecule is CCC(C)CNC1CC=CC1. The Hall–Kier alpha value is -0.300. The van der Waals surface area contributed by atoms with Crippen molar-refractivity contribution < 1.29 is 0 Å². The van der Waals surface area contributed by atoms with Gasteiger partial charge in [-0.3, -0.25) is 0 Å². The Morgan fingerprint density at radius 2 is 2.09 bits per heavy atom. The Balaban J connectivity index is 2.03. The molecule has 0 aliphatic heterocycles. The molecule has 0 spiro atoms. The van der Waals surface area contributed by atoms with Gasteiger partial charge in [-0.15, -0.1) is 0 Å². The molecule has 64 valence electrons. The normalized spacial score (nSPS) is 20.9. The Labute approximate surface area is 69.9 Å². The van der Waals surface area contributed by atoms with Gasteiger partial charge in [0.25, 0.3) is 0 Å². The van der Waals surface area contributed by atoms with Crippen molar-refractivity contribution in [3.8, 4) is 0 Å². The van der Waals surface area contributed by atoms with Gasteiger partial charge in [0, 0.05) is 6.04 Å². The van der Waals surface area contributed by atoms with E-state index in [0.29, 0.717) is 0 Å². The summed E-state index contributed by atoms with van der Waals surface area (Å²) < 4.78 is 0. The van der Waals surface area contributed by atoms with E-state index in [1.54, 1.807) is 0 Å². The first-order chi connectivity index (χ1) is 5.33. The van der Waals surface area contributed by atoms with E-state index in [9.17, 15) is 0 Å². The van der Waals surface area contributed by atoms with Crippen molar-refractivity contribution in [1.29, 1.82) is 0 Å². The summed E-state index contributed by atoms with van der Waals surface area (Å²) in [6, 6.07) is 0.740. The van der Waals surface area contributed by atoms with Crippen LogP contribution in [-0.2, 0) is 0 Å². The molecule has 1 nitrogen and oxygen atoms in total. The van der Waals surface area contributed by atoms with Gasteiger partial charge in [0.05, 0.1) is 0 Å². The smallest absolute Gasteiger partial charge is 0.0136 e. The third kappa shape index (κ3) is 3.06. The Bertz CT molecular complexity index is 121. The molecule has 0 aromatic carbocycles. The molecule has 1 aliphatic carbocycles. The maximum Gasteiger partial charge on any atom is 0.0136 e. The molecule has 1 aliphatic rings. The van der Waals surface area contributed by atoms with Crippen molar-refractivity contribution in [2.45, 2.75) is 39.2 Å². The molecule has 1 unspecified atom stereocenters. The summed E-state index contributed by atoms with van der Waals surface area (Å²) in [5, 5.41) is 3.57. The van der Waals surface area contributed by atoms with Crippen LogP contribution in [0.15, 0.2) is 12.2 Å². The molecule has 0 amide bonds. The number of rotatable bonds is 4. The average Bonchev–Trinajstić information content (AvgIpc) is 2.52. The lowest BCUT2D eigenvalue weighted by Crippen LogP contribution is -2.30. The topological polar surface area (TPSA) is 12.0 Å². The molecule has 0 bridgehead atoms. The highest BCUT2D eigenvalue weighted by atomic mass is 14.9. The summed E-state index contributed by atoms with van der Waals surface area (Å²) in [7, 11) is 0. The molecule has 0 saturated heterocycles. The van der Waals surface area contributed by atoms with Crippen LogP contribution in [0.5, 0.6) is 0 Å². The van der Waals surface area contributed by atoms with E-state index in [4.69, 9.17) is 0 Å². The van der Waals surface area contributed by atoms with Crippen molar-refractivity contribution in [2.24, 2.45) is 5.92 Å². The third-order valence-electron chi connectivity index (χ3n) is 2.46.